The molecule has 0 fully saturated rings. The number of carbonyl (C=O) groups excluding carboxylic acids is 1. The van der Waals surface area contributed by atoms with Gasteiger partial charge in [0.25, 0.3) is 0 Å². The number of halogens is 2. The minimum Gasteiger partial charge on any atom is -0.480 e. The Morgan fingerprint density at radius 1 is 1.19 bits per heavy atom. The zero-order valence-electron chi connectivity index (χ0n) is 14.5. The van der Waals surface area contributed by atoms with Crippen LogP contribution in [0.4, 0.5) is 14.6 Å². The molecule has 7 nitrogen and oxygen atoms in total. The molecule has 1 aliphatic rings. The van der Waals surface area contributed by atoms with Crippen molar-refractivity contribution >= 4 is 11.7 Å². The fourth-order valence-corrected chi connectivity index (χ4v) is 3.26. The average molecular weight is 371 g/mol. The molecule has 0 radical (unpaired) electrons. The number of nitrogens with one attached hydrogen (secondary N) is 1. The van der Waals surface area contributed by atoms with Crippen molar-refractivity contribution in [2.75, 3.05) is 12.4 Å². The first-order chi connectivity index (χ1) is 13.0. The Hall–Kier alpha value is -3.36. The summed E-state index contributed by atoms with van der Waals surface area (Å²) in [6.07, 6.45) is 0.110. The topological polar surface area (TPSA) is 81.9 Å². The van der Waals surface area contributed by atoms with E-state index < -0.39 is 17.6 Å². The lowest BCUT2D eigenvalue weighted by molar-refractivity contribution is -0.116. The Kier molecular flexibility index (Phi) is 4.06. The predicted molar refractivity (Wildman–Crippen MR) is 91.9 cm³/mol. The van der Waals surface area contributed by atoms with E-state index in [0.29, 0.717) is 28.8 Å². The van der Waals surface area contributed by atoms with Crippen LogP contribution < -0.4 is 10.1 Å². The summed E-state index contributed by atoms with van der Waals surface area (Å²) in [5, 5.41) is 15.2. The fourth-order valence-electron chi connectivity index (χ4n) is 3.26. The molecule has 0 saturated heterocycles. The van der Waals surface area contributed by atoms with Gasteiger partial charge < -0.3 is 10.1 Å². The number of ether oxygens (including phenoxy) is 1. The maximum absolute atomic E-state index is 13.7. The molecule has 1 aliphatic heterocycles. The molecule has 0 spiro atoms. The molecule has 1 aromatic carbocycles. The summed E-state index contributed by atoms with van der Waals surface area (Å²) >= 11 is 0. The van der Waals surface area contributed by atoms with Gasteiger partial charge in [-0.3, -0.25) is 4.79 Å². The van der Waals surface area contributed by atoms with E-state index in [4.69, 9.17) is 4.74 Å². The number of benzene rings is 1. The van der Waals surface area contributed by atoms with Gasteiger partial charge in [-0.05, 0) is 30.7 Å². The third-order valence-electron chi connectivity index (χ3n) is 4.50. The van der Waals surface area contributed by atoms with Crippen LogP contribution in [0.25, 0.3) is 5.82 Å². The molecule has 138 valence electrons. The Labute approximate surface area is 153 Å². The maximum atomic E-state index is 13.7. The largest absolute Gasteiger partial charge is 0.480 e. The number of amides is 1. The Morgan fingerprint density at radius 3 is 2.67 bits per heavy atom. The number of anilines is 1. The molecule has 1 amide bonds. The highest BCUT2D eigenvalue weighted by Crippen LogP contribution is 2.40. The number of fused-ring (bicyclic) bond motifs is 1. The molecule has 2 aromatic heterocycles. The monoisotopic (exact) mass is 371 g/mol. The minimum atomic E-state index is -0.953. The van der Waals surface area contributed by atoms with Crippen LogP contribution in [0.5, 0.6) is 5.88 Å². The normalized spacial score (nSPS) is 16.0. The van der Waals surface area contributed by atoms with Crippen molar-refractivity contribution in [3.63, 3.8) is 0 Å². The molecule has 1 N–H and O–H groups in total. The number of carbonyl (C=O) groups is 1. The summed E-state index contributed by atoms with van der Waals surface area (Å²) in [5.74, 6) is -1.39. The lowest BCUT2D eigenvalue weighted by Gasteiger charge is -2.24. The SMILES string of the molecule is COc1ccc(-n2nc(C)c3c2NC(=O)CC3c2ccc(F)c(F)c2)nn1. The molecule has 1 unspecified atom stereocenters. The Bertz CT molecular complexity index is 1030. The van der Waals surface area contributed by atoms with Crippen molar-refractivity contribution in [1.29, 1.82) is 0 Å². The van der Waals surface area contributed by atoms with Crippen LogP contribution in [0.2, 0.25) is 0 Å². The molecule has 1 atom stereocenters. The fraction of sp³-hybridized carbons (Fsp3) is 0.222. The second-order valence-electron chi connectivity index (χ2n) is 6.17. The van der Waals surface area contributed by atoms with Crippen LogP contribution >= 0.6 is 0 Å². The number of aromatic nitrogens is 4. The lowest BCUT2D eigenvalue weighted by atomic mass is 9.86. The maximum Gasteiger partial charge on any atom is 0.233 e. The zero-order valence-corrected chi connectivity index (χ0v) is 14.5. The molecule has 4 rings (SSSR count). The van der Waals surface area contributed by atoms with E-state index in [0.717, 1.165) is 17.7 Å². The van der Waals surface area contributed by atoms with Gasteiger partial charge in [-0.2, -0.15) is 9.78 Å². The first-order valence-corrected chi connectivity index (χ1v) is 8.20. The van der Waals surface area contributed by atoms with E-state index in [1.54, 1.807) is 19.1 Å². The van der Waals surface area contributed by atoms with Gasteiger partial charge in [-0.1, -0.05) is 6.07 Å². The van der Waals surface area contributed by atoms with Gasteiger partial charge in [0.2, 0.25) is 11.8 Å². The summed E-state index contributed by atoms with van der Waals surface area (Å²) in [6, 6.07) is 6.95. The van der Waals surface area contributed by atoms with Gasteiger partial charge in [0.1, 0.15) is 5.82 Å². The van der Waals surface area contributed by atoms with E-state index in [1.807, 2.05) is 0 Å². The number of rotatable bonds is 3. The summed E-state index contributed by atoms with van der Waals surface area (Å²) in [5.41, 5.74) is 1.89. The van der Waals surface area contributed by atoms with Crippen LogP contribution in [0.1, 0.15) is 29.2 Å². The number of methoxy groups -OCH3 is 1. The third-order valence-corrected chi connectivity index (χ3v) is 4.50. The first-order valence-electron chi connectivity index (χ1n) is 8.20. The number of hydrogen-bond acceptors (Lipinski definition) is 5. The summed E-state index contributed by atoms with van der Waals surface area (Å²) < 4.78 is 33.5. The highest BCUT2D eigenvalue weighted by Gasteiger charge is 2.33. The van der Waals surface area contributed by atoms with E-state index >= 15 is 0 Å². The van der Waals surface area contributed by atoms with Gasteiger partial charge in [0, 0.05) is 24.0 Å². The van der Waals surface area contributed by atoms with Crippen molar-refractivity contribution < 1.29 is 18.3 Å². The van der Waals surface area contributed by atoms with Crippen LogP contribution in [-0.4, -0.2) is 33.0 Å². The molecular formula is C18H15F2N5O2. The molecule has 27 heavy (non-hydrogen) atoms. The quantitative estimate of drug-likeness (QED) is 0.766. The average Bonchev–Trinajstić information content (AvgIpc) is 3.00. The molecule has 0 saturated carbocycles. The van der Waals surface area contributed by atoms with Crippen molar-refractivity contribution in [2.24, 2.45) is 0 Å². The van der Waals surface area contributed by atoms with Crippen molar-refractivity contribution in [2.45, 2.75) is 19.3 Å². The van der Waals surface area contributed by atoms with Crippen molar-refractivity contribution in [3.05, 3.63) is 58.8 Å². The molecule has 3 aromatic rings. The minimum absolute atomic E-state index is 0.110. The number of hydrogen-bond donors (Lipinski definition) is 1. The number of nitrogens with zero attached hydrogens (tertiary/aromatic N) is 4. The zero-order chi connectivity index (χ0) is 19.1. The van der Waals surface area contributed by atoms with Gasteiger partial charge in [-0.15, -0.1) is 10.2 Å². The van der Waals surface area contributed by atoms with Gasteiger partial charge in [0.15, 0.2) is 17.5 Å². The van der Waals surface area contributed by atoms with Gasteiger partial charge in [0.05, 0.1) is 12.8 Å². The second kappa shape index (κ2) is 6.42. The number of aryl methyl sites for hydroxylation is 1. The van der Waals surface area contributed by atoms with E-state index in [2.05, 4.69) is 20.6 Å². The summed E-state index contributed by atoms with van der Waals surface area (Å²) in [4.78, 5) is 12.3. The van der Waals surface area contributed by atoms with Crippen LogP contribution in [0, 0.1) is 18.6 Å². The summed E-state index contributed by atoms with van der Waals surface area (Å²) in [6.45, 7) is 1.79. The van der Waals surface area contributed by atoms with Crippen LogP contribution in [0.15, 0.2) is 30.3 Å². The standard InChI is InChI=1S/C18H15F2N5O2/c1-9-17-11(10-3-4-12(19)13(20)7-10)8-15(26)21-18(17)25(24-9)14-5-6-16(27-2)23-22-14/h3-7,11H,8H2,1-2H3,(H,21,26). The van der Waals surface area contributed by atoms with E-state index in [1.165, 1.54) is 17.9 Å². The summed E-state index contributed by atoms with van der Waals surface area (Å²) in [7, 11) is 1.48. The Morgan fingerprint density at radius 2 is 2.00 bits per heavy atom. The highest BCUT2D eigenvalue weighted by molar-refractivity contribution is 5.95. The van der Waals surface area contributed by atoms with E-state index in [-0.39, 0.29) is 12.3 Å². The van der Waals surface area contributed by atoms with Gasteiger partial charge >= 0.3 is 0 Å². The van der Waals surface area contributed by atoms with E-state index in [9.17, 15) is 13.6 Å². The van der Waals surface area contributed by atoms with Crippen molar-refractivity contribution in [1.82, 2.24) is 20.0 Å². The highest BCUT2D eigenvalue weighted by atomic mass is 19.2. The Balaban J connectivity index is 1.83. The van der Waals surface area contributed by atoms with Gasteiger partial charge in [-0.25, -0.2) is 8.78 Å². The van der Waals surface area contributed by atoms with Crippen LogP contribution in [0.3, 0.4) is 0 Å². The second-order valence-corrected chi connectivity index (χ2v) is 6.17. The molecule has 0 aliphatic carbocycles. The smallest absolute Gasteiger partial charge is 0.233 e. The molecule has 0 bridgehead atoms. The molecule has 3 heterocycles. The van der Waals surface area contributed by atoms with Crippen molar-refractivity contribution in [3.8, 4) is 11.7 Å². The predicted octanol–water partition coefficient (Wildman–Crippen LogP) is 2.73. The first kappa shape index (κ1) is 17.1. The third kappa shape index (κ3) is 2.90. The molecule has 9 heteroatoms. The van der Waals surface area contributed by atoms with Crippen LogP contribution in [-0.2, 0) is 4.79 Å². The molecular weight excluding hydrogens is 356 g/mol. The lowest BCUT2D eigenvalue weighted by Crippen LogP contribution is -2.25.